The van der Waals surface area contributed by atoms with E-state index in [-0.39, 0.29) is 24.4 Å². The lowest BCUT2D eigenvalue weighted by Gasteiger charge is -2.16. The van der Waals surface area contributed by atoms with Gasteiger partial charge in [0.1, 0.15) is 6.10 Å². The SMILES string of the molecule is CCC1CCC(C(=O)NC2CCNC2)O1.Cl. The Morgan fingerprint density at radius 1 is 1.44 bits per heavy atom. The number of carbonyl (C=O) groups excluding carboxylic acids is 1. The van der Waals surface area contributed by atoms with Gasteiger partial charge in [0.15, 0.2) is 0 Å². The zero-order valence-corrected chi connectivity index (χ0v) is 10.5. The zero-order valence-electron chi connectivity index (χ0n) is 9.70. The molecule has 2 saturated heterocycles. The van der Waals surface area contributed by atoms with Crippen LogP contribution >= 0.6 is 12.4 Å². The highest BCUT2D eigenvalue weighted by Gasteiger charge is 2.31. The maximum Gasteiger partial charge on any atom is 0.249 e. The molecule has 2 aliphatic heterocycles. The molecule has 4 nitrogen and oxygen atoms in total. The lowest BCUT2D eigenvalue weighted by atomic mass is 10.1. The van der Waals surface area contributed by atoms with Gasteiger partial charge in [-0.2, -0.15) is 0 Å². The lowest BCUT2D eigenvalue weighted by molar-refractivity contribution is -0.132. The van der Waals surface area contributed by atoms with E-state index in [0.717, 1.165) is 38.8 Å². The zero-order chi connectivity index (χ0) is 10.7. The van der Waals surface area contributed by atoms with Gasteiger partial charge in [-0.15, -0.1) is 12.4 Å². The Morgan fingerprint density at radius 3 is 2.81 bits per heavy atom. The number of amides is 1. The smallest absolute Gasteiger partial charge is 0.249 e. The van der Waals surface area contributed by atoms with Gasteiger partial charge >= 0.3 is 0 Å². The molecular weight excluding hydrogens is 228 g/mol. The minimum Gasteiger partial charge on any atom is -0.365 e. The van der Waals surface area contributed by atoms with Crippen LogP contribution in [0.1, 0.15) is 32.6 Å². The molecule has 3 atom stereocenters. The summed E-state index contributed by atoms with van der Waals surface area (Å²) in [6.45, 7) is 4.01. The van der Waals surface area contributed by atoms with Gasteiger partial charge in [-0.3, -0.25) is 4.79 Å². The number of hydrogen-bond donors (Lipinski definition) is 2. The summed E-state index contributed by atoms with van der Waals surface area (Å²) < 4.78 is 5.65. The predicted molar refractivity (Wildman–Crippen MR) is 64.9 cm³/mol. The lowest BCUT2D eigenvalue weighted by Crippen LogP contribution is -2.42. The molecule has 16 heavy (non-hydrogen) atoms. The van der Waals surface area contributed by atoms with Crippen LogP contribution in [0.2, 0.25) is 0 Å². The molecule has 2 fully saturated rings. The van der Waals surface area contributed by atoms with Crippen LogP contribution in [0.4, 0.5) is 0 Å². The van der Waals surface area contributed by atoms with E-state index in [1.165, 1.54) is 0 Å². The fraction of sp³-hybridized carbons (Fsp3) is 0.909. The van der Waals surface area contributed by atoms with Gasteiger partial charge < -0.3 is 15.4 Å². The van der Waals surface area contributed by atoms with Gasteiger partial charge in [-0.05, 0) is 32.2 Å². The highest BCUT2D eigenvalue weighted by molar-refractivity contribution is 5.85. The summed E-state index contributed by atoms with van der Waals surface area (Å²) in [7, 11) is 0. The normalized spacial score (nSPS) is 33.4. The van der Waals surface area contributed by atoms with Gasteiger partial charge in [0.05, 0.1) is 6.10 Å². The molecule has 94 valence electrons. The molecule has 2 aliphatic rings. The van der Waals surface area contributed by atoms with Crippen LogP contribution in [0.25, 0.3) is 0 Å². The van der Waals surface area contributed by atoms with E-state index in [0.29, 0.717) is 12.1 Å². The Labute approximate surface area is 103 Å². The fourth-order valence-corrected chi connectivity index (χ4v) is 2.27. The van der Waals surface area contributed by atoms with Crippen LogP contribution in [0.3, 0.4) is 0 Å². The van der Waals surface area contributed by atoms with Gasteiger partial charge in [0, 0.05) is 12.6 Å². The summed E-state index contributed by atoms with van der Waals surface area (Å²) in [5.41, 5.74) is 0. The molecule has 5 heteroatoms. The van der Waals surface area contributed by atoms with Crippen molar-refractivity contribution in [2.24, 2.45) is 0 Å². The van der Waals surface area contributed by atoms with Crippen LogP contribution in [0.15, 0.2) is 0 Å². The van der Waals surface area contributed by atoms with E-state index in [2.05, 4.69) is 17.6 Å². The second-order valence-electron chi connectivity index (χ2n) is 4.43. The molecule has 0 aromatic rings. The number of hydrogen-bond acceptors (Lipinski definition) is 3. The maximum atomic E-state index is 11.8. The molecule has 0 bridgehead atoms. The van der Waals surface area contributed by atoms with Crippen LogP contribution in [-0.2, 0) is 9.53 Å². The van der Waals surface area contributed by atoms with Gasteiger partial charge in [-0.25, -0.2) is 0 Å². The molecule has 0 spiro atoms. The number of nitrogens with one attached hydrogen (secondary N) is 2. The molecule has 2 N–H and O–H groups in total. The third-order valence-electron chi connectivity index (χ3n) is 3.26. The molecule has 2 heterocycles. The third kappa shape index (κ3) is 3.34. The first kappa shape index (κ1) is 13.7. The van der Waals surface area contributed by atoms with Crippen LogP contribution < -0.4 is 10.6 Å². The molecule has 1 amide bonds. The summed E-state index contributed by atoms with van der Waals surface area (Å²) in [6.07, 6.45) is 4.05. The van der Waals surface area contributed by atoms with Crippen molar-refractivity contribution in [1.29, 1.82) is 0 Å². The van der Waals surface area contributed by atoms with E-state index in [9.17, 15) is 4.79 Å². The van der Waals surface area contributed by atoms with E-state index < -0.39 is 0 Å². The van der Waals surface area contributed by atoms with Crippen molar-refractivity contribution in [2.45, 2.75) is 50.9 Å². The largest absolute Gasteiger partial charge is 0.365 e. The Hall–Kier alpha value is -0.320. The number of carbonyl (C=O) groups is 1. The molecule has 0 aliphatic carbocycles. The third-order valence-corrected chi connectivity index (χ3v) is 3.26. The van der Waals surface area contributed by atoms with E-state index in [1.54, 1.807) is 0 Å². The molecule has 0 radical (unpaired) electrons. The summed E-state index contributed by atoms with van der Waals surface area (Å²) >= 11 is 0. The molecule has 3 unspecified atom stereocenters. The highest BCUT2D eigenvalue weighted by atomic mass is 35.5. The average molecular weight is 249 g/mol. The molecule has 0 aromatic heterocycles. The second kappa shape index (κ2) is 6.42. The van der Waals surface area contributed by atoms with Crippen molar-refractivity contribution in [1.82, 2.24) is 10.6 Å². The van der Waals surface area contributed by atoms with Crippen molar-refractivity contribution in [3.8, 4) is 0 Å². The standard InChI is InChI=1S/C11H20N2O2.ClH/c1-2-9-3-4-10(15-9)11(14)13-8-5-6-12-7-8;/h8-10,12H,2-7H2,1H3,(H,13,14);1H. The van der Waals surface area contributed by atoms with Gasteiger partial charge in [0.25, 0.3) is 0 Å². The molecular formula is C11H21ClN2O2. The maximum absolute atomic E-state index is 11.8. The van der Waals surface area contributed by atoms with Crippen molar-refractivity contribution in [3.63, 3.8) is 0 Å². The van der Waals surface area contributed by atoms with Crippen LogP contribution in [0, 0.1) is 0 Å². The topological polar surface area (TPSA) is 50.4 Å². The first-order valence-corrected chi connectivity index (χ1v) is 5.96. The predicted octanol–water partition coefficient (Wildman–Crippen LogP) is 0.844. The van der Waals surface area contributed by atoms with Crippen molar-refractivity contribution >= 4 is 18.3 Å². The van der Waals surface area contributed by atoms with Gasteiger partial charge in [-0.1, -0.05) is 6.92 Å². The quantitative estimate of drug-likeness (QED) is 0.779. The Kier molecular flexibility index (Phi) is 5.52. The minimum absolute atomic E-state index is 0. The second-order valence-corrected chi connectivity index (χ2v) is 4.43. The van der Waals surface area contributed by atoms with E-state index in [1.807, 2.05) is 0 Å². The highest BCUT2D eigenvalue weighted by Crippen LogP contribution is 2.22. The van der Waals surface area contributed by atoms with E-state index >= 15 is 0 Å². The fourth-order valence-electron chi connectivity index (χ4n) is 2.27. The summed E-state index contributed by atoms with van der Waals surface area (Å²) in [6, 6.07) is 0.307. The average Bonchev–Trinajstić information content (AvgIpc) is 2.86. The number of rotatable bonds is 3. The summed E-state index contributed by atoms with van der Waals surface area (Å²) in [5.74, 6) is 0.0830. The summed E-state index contributed by atoms with van der Waals surface area (Å²) in [4.78, 5) is 11.8. The van der Waals surface area contributed by atoms with Crippen LogP contribution in [0.5, 0.6) is 0 Å². The van der Waals surface area contributed by atoms with Crippen molar-refractivity contribution in [3.05, 3.63) is 0 Å². The number of ether oxygens (including phenoxy) is 1. The van der Waals surface area contributed by atoms with Gasteiger partial charge in [0.2, 0.25) is 5.91 Å². The Bertz CT molecular complexity index is 232. The first-order chi connectivity index (χ1) is 7.29. The molecule has 0 saturated carbocycles. The first-order valence-electron chi connectivity index (χ1n) is 5.96. The van der Waals surface area contributed by atoms with E-state index in [4.69, 9.17) is 4.74 Å². The van der Waals surface area contributed by atoms with Crippen LogP contribution in [-0.4, -0.2) is 37.2 Å². The minimum atomic E-state index is -0.199. The molecule has 2 rings (SSSR count). The van der Waals surface area contributed by atoms with Crippen molar-refractivity contribution < 1.29 is 9.53 Å². The summed E-state index contributed by atoms with van der Waals surface area (Å²) in [5, 5.41) is 6.27. The monoisotopic (exact) mass is 248 g/mol. The Balaban J connectivity index is 0.00000128. The Morgan fingerprint density at radius 2 is 2.25 bits per heavy atom. The van der Waals surface area contributed by atoms with Crippen molar-refractivity contribution in [2.75, 3.05) is 13.1 Å². The number of halogens is 1. The molecule has 0 aromatic carbocycles.